The molecular formula is C22H20N2O4. The second kappa shape index (κ2) is 7.60. The number of carbonyl (C=O) groups excluding carboxylic acids is 2. The summed E-state index contributed by atoms with van der Waals surface area (Å²) in [6.45, 7) is 1.69. The van der Waals surface area contributed by atoms with E-state index in [1.54, 1.807) is 25.1 Å². The molecule has 1 atom stereocenters. The molecule has 0 saturated heterocycles. The number of ether oxygens (including phenoxy) is 1. The highest BCUT2D eigenvalue weighted by Crippen LogP contribution is 2.32. The molecule has 2 aromatic carbocycles. The molecule has 1 aromatic heterocycles. The summed E-state index contributed by atoms with van der Waals surface area (Å²) in [5.74, 6) is 1.80. The number of carbonyl (C=O) groups is 2. The predicted molar refractivity (Wildman–Crippen MR) is 106 cm³/mol. The number of rotatable bonds is 5. The SMILES string of the molecule is C[C@@H]1Oc2ccc(NC(=O)CCc3ccc(-c4ccccc4)o3)cc2NC1=O. The fraction of sp³-hybridized carbons (Fsp3) is 0.182. The molecule has 0 spiro atoms. The van der Waals surface area contributed by atoms with Crippen molar-refractivity contribution in [1.29, 1.82) is 0 Å². The second-order valence-electron chi connectivity index (χ2n) is 6.64. The van der Waals surface area contributed by atoms with Crippen molar-refractivity contribution in [3.63, 3.8) is 0 Å². The van der Waals surface area contributed by atoms with Gasteiger partial charge in [0, 0.05) is 24.1 Å². The van der Waals surface area contributed by atoms with Crippen LogP contribution in [-0.2, 0) is 16.0 Å². The first kappa shape index (κ1) is 17.9. The highest BCUT2D eigenvalue weighted by atomic mass is 16.5. The van der Waals surface area contributed by atoms with Crippen molar-refractivity contribution in [2.24, 2.45) is 0 Å². The van der Waals surface area contributed by atoms with E-state index in [0.717, 1.165) is 17.1 Å². The van der Waals surface area contributed by atoms with Crippen molar-refractivity contribution >= 4 is 23.2 Å². The topological polar surface area (TPSA) is 80.6 Å². The van der Waals surface area contributed by atoms with Gasteiger partial charge in [-0.25, -0.2) is 0 Å². The summed E-state index contributed by atoms with van der Waals surface area (Å²) in [6, 6.07) is 18.8. The molecule has 4 rings (SSSR count). The van der Waals surface area contributed by atoms with Crippen molar-refractivity contribution in [2.75, 3.05) is 10.6 Å². The molecule has 0 fully saturated rings. The van der Waals surface area contributed by atoms with Gasteiger partial charge in [0.1, 0.15) is 17.3 Å². The lowest BCUT2D eigenvalue weighted by atomic mass is 10.2. The first-order chi connectivity index (χ1) is 13.6. The molecule has 0 radical (unpaired) electrons. The quantitative estimate of drug-likeness (QED) is 0.698. The molecule has 142 valence electrons. The molecule has 28 heavy (non-hydrogen) atoms. The van der Waals surface area contributed by atoms with Crippen LogP contribution in [0.5, 0.6) is 5.75 Å². The number of nitrogens with one attached hydrogen (secondary N) is 2. The van der Waals surface area contributed by atoms with Crippen LogP contribution < -0.4 is 15.4 Å². The predicted octanol–water partition coefficient (Wildman–Crippen LogP) is 4.24. The summed E-state index contributed by atoms with van der Waals surface area (Å²) in [4.78, 5) is 24.0. The van der Waals surface area contributed by atoms with Crippen LogP contribution in [-0.4, -0.2) is 17.9 Å². The standard InChI is InChI=1S/C22H20N2O4/c1-14-22(26)24-18-13-16(7-10-20(18)27-14)23-21(25)12-9-17-8-11-19(28-17)15-5-3-2-4-6-15/h2-8,10-11,13-14H,9,12H2,1H3,(H,23,25)(H,24,26)/t14-/m0/s1. The van der Waals surface area contributed by atoms with Crippen molar-refractivity contribution in [3.05, 3.63) is 66.4 Å². The van der Waals surface area contributed by atoms with Crippen LogP contribution in [0.15, 0.2) is 65.1 Å². The first-order valence-corrected chi connectivity index (χ1v) is 9.14. The average Bonchev–Trinajstić information content (AvgIpc) is 3.17. The number of fused-ring (bicyclic) bond motifs is 1. The lowest BCUT2D eigenvalue weighted by Crippen LogP contribution is -2.34. The Morgan fingerprint density at radius 3 is 2.75 bits per heavy atom. The van der Waals surface area contributed by atoms with Crippen molar-refractivity contribution in [2.45, 2.75) is 25.9 Å². The van der Waals surface area contributed by atoms with Gasteiger partial charge in [-0.15, -0.1) is 0 Å². The summed E-state index contributed by atoms with van der Waals surface area (Å²) in [5, 5.41) is 5.61. The van der Waals surface area contributed by atoms with Gasteiger partial charge in [0.05, 0.1) is 5.69 Å². The molecule has 6 nitrogen and oxygen atoms in total. The summed E-state index contributed by atoms with van der Waals surface area (Å²) in [6.07, 6.45) is 0.265. The Hall–Kier alpha value is -3.54. The van der Waals surface area contributed by atoms with Gasteiger partial charge >= 0.3 is 0 Å². The maximum atomic E-state index is 12.3. The Balaban J connectivity index is 1.35. The number of aryl methyl sites for hydroxylation is 1. The maximum absolute atomic E-state index is 12.3. The van der Waals surface area contributed by atoms with Crippen LogP contribution in [0, 0.1) is 0 Å². The molecule has 2 amide bonds. The maximum Gasteiger partial charge on any atom is 0.265 e. The molecule has 0 unspecified atom stereocenters. The van der Waals surface area contributed by atoms with E-state index in [1.807, 2.05) is 42.5 Å². The largest absolute Gasteiger partial charge is 0.479 e. The van der Waals surface area contributed by atoms with E-state index in [4.69, 9.17) is 9.15 Å². The van der Waals surface area contributed by atoms with Crippen LogP contribution in [0.2, 0.25) is 0 Å². The number of benzene rings is 2. The minimum absolute atomic E-state index is 0.131. The van der Waals surface area contributed by atoms with E-state index in [1.165, 1.54) is 0 Å². The number of hydrogen-bond donors (Lipinski definition) is 2. The van der Waals surface area contributed by atoms with Gasteiger partial charge in [-0.1, -0.05) is 30.3 Å². The highest BCUT2D eigenvalue weighted by molar-refractivity contribution is 5.99. The smallest absolute Gasteiger partial charge is 0.265 e. The monoisotopic (exact) mass is 376 g/mol. The molecule has 0 aliphatic carbocycles. The van der Waals surface area contributed by atoms with Crippen molar-refractivity contribution in [3.8, 4) is 17.1 Å². The summed E-state index contributed by atoms with van der Waals surface area (Å²) in [7, 11) is 0. The van der Waals surface area contributed by atoms with Gasteiger partial charge < -0.3 is 19.8 Å². The Kier molecular flexibility index (Phi) is 4.85. The minimum Gasteiger partial charge on any atom is -0.479 e. The Morgan fingerprint density at radius 1 is 1.11 bits per heavy atom. The van der Waals surface area contributed by atoms with Crippen molar-refractivity contribution < 1.29 is 18.7 Å². The molecule has 1 aliphatic rings. The highest BCUT2D eigenvalue weighted by Gasteiger charge is 2.23. The number of hydrogen-bond acceptors (Lipinski definition) is 4. The lowest BCUT2D eigenvalue weighted by Gasteiger charge is -2.23. The third kappa shape index (κ3) is 3.91. The van der Waals surface area contributed by atoms with Gasteiger partial charge in [-0.3, -0.25) is 9.59 Å². The molecule has 6 heteroatoms. The molecule has 2 heterocycles. The average molecular weight is 376 g/mol. The van der Waals surface area contributed by atoms with Crippen molar-refractivity contribution in [1.82, 2.24) is 0 Å². The van der Waals surface area contributed by atoms with Gasteiger partial charge in [-0.05, 0) is 37.3 Å². The summed E-state index contributed by atoms with van der Waals surface area (Å²) < 4.78 is 11.3. The molecule has 0 saturated carbocycles. The zero-order valence-electron chi connectivity index (χ0n) is 15.4. The normalized spacial score (nSPS) is 15.3. The Labute approximate surface area is 162 Å². The number of amides is 2. The van der Waals surface area contributed by atoms with Gasteiger partial charge in [-0.2, -0.15) is 0 Å². The van der Waals surface area contributed by atoms with E-state index in [9.17, 15) is 9.59 Å². The second-order valence-corrected chi connectivity index (χ2v) is 6.64. The summed E-state index contributed by atoms with van der Waals surface area (Å²) >= 11 is 0. The van der Waals surface area contributed by atoms with Crippen LogP contribution in [0.25, 0.3) is 11.3 Å². The van der Waals surface area contributed by atoms with E-state index < -0.39 is 6.10 Å². The van der Waals surface area contributed by atoms with Crippen LogP contribution in [0.4, 0.5) is 11.4 Å². The number of anilines is 2. The van der Waals surface area contributed by atoms with Crippen LogP contribution >= 0.6 is 0 Å². The molecular weight excluding hydrogens is 356 g/mol. The molecule has 2 N–H and O–H groups in total. The third-order valence-electron chi connectivity index (χ3n) is 4.51. The Bertz CT molecular complexity index is 1010. The van der Waals surface area contributed by atoms with E-state index >= 15 is 0 Å². The zero-order chi connectivity index (χ0) is 19.5. The van der Waals surface area contributed by atoms with Crippen LogP contribution in [0.3, 0.4) is 0 Å². The van der Waals surface area contributed by atoms with Gasteiger partial charge in [0.15, 0.2) is 6.10 Å². The minimum atomic E-state index is -0.526. The van der Waals surface area contributed by atoms with E-state index in [2.05, 4.69) is 10.6 Å². The zero-order valence-corrected chi connectivity index (χ0v) is 15.4. The number of furan rings is 1. The first-order valence-electron chi connectivity index (χ1n) is 9.14. The molecule has 1 aliphatic heterocycles. The van der Waals surface area contributed by atoms with Crippen LogP contribution in [0.1, 0.15) is 19.1 Å². The molecule has 0 bridgehead atoms. The summed E-state index contributed by atoms with van der Waals surface area (Å²) in [5.41, 5.74) is 2.16. The third-order valence-corrected chi connectivity index (χ3v) is 4.51. The van der Waals surface area contributed by atoms with E-state index in [0.29, 0.717) is 30.0 Å². The molecule has 3 aromatic rings. The Morgan fingerprint density at radius 2 is 1.93 bits per heavy atom. The fourth-order valence-electron chi connectivity index (χ4n) is 3.02. The van der Waals surface area contributed by atoms with Gasteiger partial charge in [0.25, 0.3) is 5.91 Å². The van der Waals surface area contributed by atoms with Gasteiger partial charge in [0.2, 0.25) is 5.91 Å². The lowest BCUT2D eigenvalue weighted by molar-refractivity contribution is -0.122. The van der Waals surface area contributed by atoms with E-state index in [-0.39, 0.29) is 11.8 Å². The fourth-order valence-corrected chi connectivity index (χ4v) is 3.02.